The Morgan fingerprint density at radius 1 is 1.15 bits per heavy atom. The quantitative estimate of drug-likeness (QED) is 0.678. The summed E-state index contributed by atoms with van der Waals surface area (Å²) in [6.07, 6.45) is -1.23. The molecule has 0 atom stereocenters. The van der Waals surface area contributed by atoms with Crippen LogP contribution in [-0.4, -0.2) is 14.6 Å². The monoisotopic (exact) mass is 277 g/mol. The molecule has 102 valence electrons. The Morgan fingerprint density at radius 2 is 1.90 bits per heavy atom. The zero-order valence-corrected chi connectivity index (χ0v) is 10.5. The molecule has 0 unspecified atom stereocenters. The summed E-state index contributed by atoms with van der Waals surface area (Å²) in [7, 11) is 0. The van der Waals surface area contributed by atoms with Crippen molar-refractivity contribution in [2.45, 2.75) is 13.1 Å². The van der Waals surface area contributed by atoms with Crippen molar-refractivity contribution in [2.24, 2.45) is 0 Å². The molecule has 0 saturated carbocycles. The number of aromatic nitrogens is 3. The highest BCUT2D eigenvalue weighted by Crippen LogP contribution is 2.36. The Morgan fingerprint density at radius 3 is 2.65 bits per heavy atom. The first-order chi connectivity index (χ1) is 9.47. The van der Waals surface area contributed by atoms with Crippen molar-refractivity contribution >= 4 is 5.65 Å². The number of nitrogens with zero attached hydrogens (tertiary/aromatic N) is 3. The van der Waals surface area contributed by atoms with Crippen LogP contribution in [0.3, 0.4) is 0 Å². The minimum atomic E-state index is -4.41. The fourth-order valence-corrected chi connectivity index (χ4v) is 2.16. The van der Waals surface area contributed by atoms with Gasteiger partial charge in [0, 0.05) is 18.0 Å². The molecule has 2 aromatic heterocycles. The number of hydrogen-bond acceptors (Lipinski definition) is 2. The lowest BCUT2D eigenvalue weighted by molar-refractivity contribution is -0.137. The van der Waals surface area contributed by atoms with Gasteiger partial charge in [-0.1, -0.05) is 18.2 Å². The van der Waals surface area contributed by atoms with Crippen LogP contribution in [0.1, 0.15) is 11.1 Å². The normalized spacial score (nSPS) is 12.0. The van der Waals surface area contributed by atoms with Gasteiger partial charge in [-0.2, -0.15) is 18.3 Å². The SMILES string of the molecule is Cc1cc(-c2ccccc2C(F)(F)F)nn2ccnc12. The summed E-state index contributed by atoms with van der Waals surface area (Å²) in [5.74, 6) is 0. The number of imidazole rings is 1. The third-order valence-electron chi connectivity index (χ3n) is 3.05. The minimum absolute atomic E-state index is 0.0682. The summed E-state index contributed by atoms with van der Waals surface area (Å²) in [4.78, 5) is 4.10. The smallest absolute Gasteiger partial charge is 0.235 e. The fourth-order valence-electron chi connectivity index (χ4n) is 2.16. The van der Waals surface area contributed by atoms with Crippen LogP contribution in [0.4, 0.5) is 13.2 Å². The van der Waals surface area contributed by atoms with E-state index in [1.807, 2.05) is 0 Å². The molecule has 0 fully saturated rings. The number of alkyl halides is 3. The van der Waals surface area contributed by atoms with Crippen molar-refractivity contribution in [3.05, 3.63) is 53.9 Å². The third-order valence-corrected chi connectivity index (χ3v) is 3.05. The Hall–Kier alpha value is -2.37. The van der Waals surface area contributed by atoms with Crippen LogP contribution < -0.4 is 0 Å². The van der Waals surface area contributed by atoms with Gasteiger partial charge in [-0.15, -0.1) is 0 Å². The number of benzene rings is 1. The fraction of sp³-hybridized carbons (Fsp3) is 0.143. The van der Waals surface area contributed by atoms with Crippen molar-refractivity contribution in [3.8, 4) is 11.3 Å². The van der Waals surface area contributed by atoms with Crippen molar-refractivity contribution in [3.63, 3.8) is 0 Å². The Kier molecular flexibility index (Phi) is 2.74. The topological polar surface area (TPSA) is 30.2 Å². The molecule has 0 aliphatic heterocycles. The average Bonchev–Trinajstić information content (AvgIpc) is 2.86. The lowest BCUT2D eigenvalue weighted by Gasteiger charge is -2.12. The lowest BCUT2D eigenvalue weighted by Crippen LogP contribution is -2.08. The van der Waals surface area contributed by atoms with Crippen molar-refractivity contribution in [1.82, 2.24) is 14.6 Å². The van der Waals surface area contributed by atoms with Gasteiger partial charge in [-0.25, -0.2) is 9.50 Å². The highest BCUT2D eigenvalue weighted by atomic mass is 19.4. The molecular weight excluding hydrogens is 267 g/mol. The average molecular weight is 277 g/mol. The number of hydrogen-bond donors (Lipinski definition) is 0. The van der Waals surface area contributed by atoms with E-state index in [1.54, 1.807) is 31.5 Å². The van der Waals surface area contributed by atoms with Gasteiger partial charge in [0.15, 0.2) is 5.65 Å². The van der Waals surface area contributed by atoms with Crippen LogP contribution in [0.25, 0.3) is 16.9 Å². The Bertz CT molecular complexity index is 775. The molecule has 0 N–H and O–H groups in total. The van der Waals surface area contributed by atoms with Gasteiger partial charge >= 0.3 is 6.18 Å². The number of rotatable bonds is 1. The summed E-state index contributed by atoms with van der Waals surface area (Å²) in [6, 6.07) is 7.04. The second kappa shape index (κ2) is 4.33. The van der Waals surface area contributed by atoms with Gasteiger partial charge in [0.1, 0.15) is 0 Å². The molecule has 0 radical (unpaired) electrons. The molecule has 0 amide bonds. The summed E-state index contributed by atoms with van der Waals surface area (Å²) in [5, 5.41) is 4.19. The molecular formula is C14H10F3N3. The second-order valence-corrected chi connectivity index (χ2v) is 4.45. The van der Waals surface area contributed by atoms with Crippen molar-refractivity contribution in [2.75, 3.05) is 0 Å². The molecule has 3 nitrogen and oxygen atoms in total. The number of halogens is 3. The van der Waals surface area contributed by atoms with E-state index in [4.69, 9.17) is 0 Å². The van der Waals surface area contributed by atoms with Gasteiger partial charge < -0.3 is 0 Å². The van der Waals surface area contributed by atoms with Gasteiger partial charge in [0.25, 0.3) is 0 Å². The predicted octanol–water partition coefficient (Wildman–Crippen LogP) is 3.72. The minimum Gasteiger partial charge on any atom is -0.235 e. The van der Waals surface area contributed by atoms with E-state index < -0.39 is 11.7 Å². The maximum atomic E-state index is 13.0. The standard InChI is InChI=1S/C14H10F3N3/c1-9-8-12(19-20-7-6-18-13(9)20)10-4-2-3-5-11(10)14(15,16)17/h2-8H,1H3. The van der Waals surface area contributed by atoms with E-state index in [9.17, 15) is 13.2 Å². The Balaban J connectivity index is 2.26. The lowest BCUT2D eigenvalue weighted by atomic mass is 10.0. The predicted molar refractivity (Wildman–Crippen MR) is 68.2 cm³/mol. The highest BCUT2D eigenvalue weighted by molar-refractivity contribution is 5.66. The van der Waals surface area contributed by atoms with E-state index in [0.29, 0.717) is 5.65 Å². The molecule has 20 heavy (non-hydrogen) atoms. The number of fused-ring (bicyclic) bond motifs is 1. The molecule has 2 heterocycles. The van der Waals surface area contributed by atoms with Crippen LogP contribution in [0.15, 0.2) is 42.7 Å². The van der Waals surface area contributed by atoms with Crippen LogP contribution in [-0.2, 0) is 6.18 Å². The molecule has 6 heteroatoms. The summed E-state index contributed by atoms with van der Waals surface area (Å²) in [6.45, 7) is 1.80. The van der Waals surface area contributed by atoms with Gasteiger partial charge in [-0.3, -0.25) is 0 Å². The Labute approximate surface area is 112 Å². The zero-order chi connectivity index (χ0) is 14.3. The number of aryl methyl sites for hydroxylation is 1. The van der Waals surface area contributed by atoms with Crippen molar-refractivity contribution < 1.29 is 13.2 Å². The van der Waals surface area contributed by atoms with Gasteiger partial charge in [-0.05, 0) is 24.6 Å². The summed E-state index contributed by atoms with van der Waals surface area (Å²) >= 11 is 0. The van der Waals surface area contributed by atoms with Crippen molar-refractivity contribution in [1.29, 1.82) is 0 Å². The zero-order valence-electron chi connectivity index (χ0n) is 10.5. The molecule has 1 aromatic carbocycles. The maximum Gasteiger partial charge on any atom is 0.417 e. The first-order valence-electron chi connectivity index (χ1n) is 5.94. The molecule has 3 aromatic rings. The first kappa shape index (κ1) is 12.7. The van der Waals surface area contributed by atoms with E-state index in [0.717, 1.165) is 11.6 Å². The van der Waals surface area contributed by atoms with E-state index in [2.05, 4.69) is 10.1 Å². The highest BCUT2D eigenvalue weighted by Gasteiger charge is 2.33. The molecule has 0 saturated heterocycles. The largest absolute Gasteiger partial charge is 0.417 e. The second-order valence-electron chi connectivity index (χ2n) is 4.45. The van der Waals surface area contributed by atoms with Gasteiger partial charge in [0.2, 0.25) is 0 Å². The van der Waals surface area contributed by atoms with Gasteiger partial charge in [0.05, 0.1) is 11.3 Å². The van der Waals surface area contributed by atoms with E-state index in [-0.39, 0.29) is 11.3 Å². The summed E-state index contributed by atoms with van der Waals surface area (Å²) < 4.78 is 40.6. The molecule has 0 bridgehead atoms. The van der Waals surface area contributed by atoms with E-state index >= 15 is 0 Å². The van der Waals surface area contributed by atoms with Crippen LogP contribution in [0, 0.1) is 6.92 Å². The van der Waals surface area contributed by atoms with Crippen LogP contribution in [0.2, 0.25) is 0 Å². The van der Waals surface area contributed by atoms with Crippen LogP contribution in [0.5, 0.6) is 0 Å². The first-order valence-corrected chi connectivity index (χ1v) is 5.94. The molecule has 3 rings (SSSR count). The third kappa shape index (κ3) is 2.03. The molecule has 0 aliphatic rings. The van der Waals surface area contributed by atoms with E-state index in [1.165, 1.54) is 16.6 Å². The molecule has 0 aliphatic carbocycles. The van der Waals surface area contributed by atoms with Crippen LogP contribution >= 0.6 is 0 Å². The molecule has 0 spiro atoms. The summed E-state index contributed by atoms with van der Waals surface area (Å²) in [5.41, 5.74) is 1.07. The maximum absolute atomic E-state index is 13.0.